The van der Waals surface area contributed by atoms with Gasteiger partial charge in [-0.1, -0.05) is 23.7 Å². The Labute approximate surface area is 137 Å². The monoisotopic (exact) mass is 331 g/mol. The molecule has 1 N–H and O–H groups in total. The Bertz CT molecular complexity index is 794. The summed E-state index contributed by atoms with van der Waals surface area (Å²) in [7, 11) is 1.65. The maximum absolute atomic E-state index is 12.5. The van der Waals surface area contributed by atoms with Gasteiger partial charge in [0.1, 0.15) is 5.69 Å². The molecule has 0 aliphatic carbocycles. The molecule has 0 unspecified atom stereocenters. The zero-order valence-electron chi connectivity index (χ0n) is 12.4. The van der Waals surface area contributed by atoms with E-state index >= 15 is 0 Å². The summed E-state index contributed by atoms with van der Waals surface area (Å²) in [6.45, 7) is 0.724. The first-order valence-corrected chi connectivity index (χ1v) is 7.33. The van der Waals surface area contributed by atoms with Crippen molar-refractivity contribution in [1.29, 1.82) is 0 Å². The van der Waals surface area contributed by atoms with E-state index in [1.54, 1.807) is 24.1 Å². The van der Waals surface area contributed by atoms with Crippen LogP contribution in [0, 0.1) is 0 Å². The summed E-state index contributed by atoms with van der Waals surface area (Å²) in [5, 5.41) is 9.67. The van der Waals surface area contributed by atoms with Crippen molar-refractivity contribution in [2.24, 2.45) is 0 Å². The summed E-state index contributed by atoms with van der Waals surface area (Å²) < 4.78 is 0. The van der Waals surface area contributed by atoms with Gasteiger partial charge in [0, 0.05) is 25.2 Å². The fourth-order valence-corrected chi connectivity index (χ4v) is 2.82. The lowest BCUT2D eigenvalue weighted by Crippen LogP contribution is -2.44. The number of carbonyl (C=O) groups excluding carboxylic acids is 1. The topological polar surface area (TPSA) is 73.7 Å². The maximum atomic E-state index is 12.5. The average Bonchev–Trinajstić information content (AvgIpc) is 2.52. The summed E-state index contributed by atoms with van der Waals surface area (Å²) in [4.78, 5) is 30.5. The molecule has 2 amide bonds. The predicted molar refractivity (Wildman–Crippen MR) is 85.7 cm³/mol. The molecule has 2 heterocycles. The van der Waals surface area contributed by atoms with Crippen LogP contribution < -0.4 is 4.90 Å². The quantitative estimate of drug-likeness (QED) is 0.938. The normalized spacial score (nSPS) is 13.9. The molecule has 7 heteroatoms. The molecule has 0 fully saturated rings. The minimum atomic E-state index is -1.09. The summed E-state index contributed by atoms with van der Waals surface area (Å²) in [6, 6.07) is 8.64. The van der Waals surface area contributed by atoms with Gasteiger partial charge in [0.2, 0.25) is 0 Å². The number of benzene rings is 1. The van der Waals surface area contributed by atoms with E-state index in [-0.39, 0.29) is 11.7 Å². The molecule has 0 radical (unpaired) electrons. The van der Waals surface area contributed by atoms with Gasteiger partial charge in [-0.25, -0.2) is 14.6 Å². The molecule has 2 aromatic rings. The summed E-state index contributed by atoms with van der Waals surface area (Å²) in [5.74, 6) is -1.09. The molecule has 1 aliphatic heterocycles. The molecule has 6 nitrogen and oxygen atoms in total. The van der Waals surface area contributed by atoms with Gasteiger partial charge >= 0.3 is 12.0 Å². The van der Waals surface area contributed by atoms with E-state index in [4.69, 9.17) is 16.7 Å². The first-order chi connectivity index (χ1) is 11.0. The lowest BCUT2D eigenvalue weighted by molar-refractivity contribution is 0.0690. The van der Waals surface area contributed by atoms with E-state index in [0.717, 1.165) is 11.1 Å². The zero-order chi connectivity index (χ0) is 16.6. The summed E-state index contributed by atoms with van der Waals surface area (Å²) in [5.41, 5.74) is 2.26. The first kappa shape index (κ1) is 15.3. The third-order valence-electron chi connectivity index (χ3n) is 3.73. The van der Waals surface area contributed by atoms with Gasteiger partial charge in [-0.2, -0.15) is 0 Å². The second kappa shape index (κ2) is 5.89. The molecule has 23 heavy (non-hydrogen) atoms. The van der Waals surface area contributed by atoms with E-state index in [1.165, 1.54) is 17.2 Å². The van der Waals surface area contributed by atoms with E-state index < -0.39 is 5.97 Å². The molecule has 118 valence electrons. The van der Waals surface area contributed by atoms with Crippen molar-refractivity contribution in [3.05, 3.63) is 58.4 Å². The van der Waals surface area contributed by atoms with Crippen LogP contribution in [0.25, 0.3) is 0 Å². The number of aromatic carboxylic acids is 1. The number of nitrogens with zero attached hydrogens (tertiary/aromatic N) is 3. The zero-order valence-corrected chi connectivity index (χ0v) is 13.1. The van der Waals surface area contributed by atoms with Gasteiger partial charge in [0.15, 0.2) is 0 Å². The number of halogens is 1. The molecular weight excluding hydrogens is 318 g/mol. The van der Waals surface area contributed by atoms with Gasteiger partial charge in [0.05, 0.1) is 11.9 Å². The highest BCUT2D eigenvalue weighted by Gasteiger charge is 2.28. The van der Waals surface area contributed by atoms with E-state index in [1.807, 2.05) is 12.1 Å². The van der Waals surface area contributed by atoms with Crippen LogP contribution in [0.3, 0.4) is 0 Å². The molecule has 1 aromatic heterocycles. The van der Waals surface area contributed by atoms with Crippen LogP contribution in [0.2, 0.25) is 5.02 Å². The van der Waals surface area contributed by atoms with E-state index in [2.05, 4.69) is 4.98 Å². The Hall–Kier alpha value is -2.60. The number of anilines is 1. The average molecular weight is 332 g/mol. The minimum Gasteiger partial charge on any atom is -0.477 e. The molecule has 0 atom stereocenters. The number of urea groups is 1. The second-order valence-corrected chi connectivity index (χ2v) is 5.77. The van der Waals surface area contributed by atoms with Crippen molar-refractivity contribution in [3.8, 4) is 0 Å². The van der Waals surface area contributed by atoms with Crippen molar-refractivity contribution >= 4 is 29.3 Å². The molecule has 0 saturated heterocycles. The van der Waals surface area contributed by atoms with Crippen molar-refractivity contribution in [3.63, 3.8) is 0 Å². The fraction of sp³-hybridized carbons (Fsp3) is 0.188. The molecule has 1 aliphatic rings. The van der Waals surface area contributed by atoms with Crippen molar-refractivity contribution in [2.45, 2.75) is 13.1 Å². The first-order valence-electron chi connectivity index (χ1n) is 6.95. The number of carboxylic acids is 1. The second-order valence-electron chi connectivity index (χ2n) is 5.33. The van der Waals surface area contributed by atoms with Crippen molar-refractivity contribution < 1.29 is 14.7 Å². The van der Waals surface area contributed by atoms with Gasteiger partial charge in [-0.05, 0) is 29.3 Å². The number of carboxylic acid groups (broad SMARTS) is 1. The largest absolute Gasteiger partial charge is 0.477 e. The van der Waals surface area contributed by atoms with Gasteiger partial charge in [0.25, 0.3) is 0 Å². The number of carbonyl (C=O) groups is 2. The SMILES string of the molecule is CN1C(=O)N(Cc2cccc(Cl)c2)Cc2cc(C(=O)O)ncc21. The lowest BCUT2D eigenvalue weighted by atomic mass is 10.1. The Kier molecular flexibility index (Phi) is 3.92. The molecule has 1 aromatic carbocycles. The molecule has 0 bridgehead atoms. The Morgan fingerprint density at radius 3 is 2.87 bits per heavy atom. The number of hydrogen-bond acceptors (Lipinski definition) is 3. The van der Waals surface area contributed by atoms with Gasteiger partial charge < -0.3 is 10.0 Å². The molecular formula is C16H14ClN3O3. The lowest BCUT2D eigenvalue weighted by Gasteiger charge is -2.34. The summed E-state index contributed by atoms with van der Waals surface area (Å²) in [6.07, 6.45) is 1.42. The number of fused-ring (bicyclic) bond motifs is 1. The third kappa shape index (κ3) is 2.98. The number of aromatic nitrogens is 1. The van der Waals surface area contributed by atoms with Crippen LogP contribution in [0.4, 0.5) is 10.5 Å². The van der Waals surface area contributed by atoms with Crippen LogP contribution in [0.5, 0.6) is 0 Å². The Morgan fingerprint density at radius 1 is 1.39 bits per heavy atom. The van der Waals surface area contributed by atoms with E-state index in [9.17, 15) is 9.59 Å². The molecule has 3 rings (SSSR count). The van der Waals surface area contributed by atoms with Gasteiger partial charge in [-0.3, -0.25) is 4.90 Å². The number of amides is 2. The molecule has 0 spiro atoms. The Morgan fingerprint density at radius 2 is 2.17 bits per heavy atom. The highest BCUT2D eigenvalue weighted by molar-refractivity contribution is 6.30. The Balaban J connectivity index is 1.91. The number of pyridine rings is 1. The smallest absolute Gasteiger partial charge is 0.354 e. The van der Waals surface area contributed by atoms with Crippen LogP contribution in [0.15, 0.2) is 36.5 Å². The standard InChI is InChI=1S/C16H14ClN3O3/c1-19-14-7-18-13(15(21)22)6-11(14)9-20(16(19)23)8-10-3-2-4-12(17)5-10/h2-7H,8-9H2,1H3,(H,21,22). The predicted octanol–water partition coefficient (Wildman–Crippen LogP) is 3.01. The highest BCUT2D eigenvalue weighted by Crippen LogP contribution is 2.28. The van der Waals surface area contributed by atoms with Crippen LogP contribution >= 0.6 is 11.6 Å². The van der Waals surface area contributed by atoms with Crippen molar-refractivity contribution in [2.75, 3.05) is 11.9 Å². The number of rotatable bonds is 3. The fourth-order valence-electron chi connectivity index (χ4n) is 2.60. The number of hydrogen-bond donors (Lipinski definition) is 1. The van der Waals surface area contributed by atoms with Gasteiger partial charge in [-0.15, -0.1) is 0 Å². The van der Waals surface area contributed by atoms with Crippen LogP contribution in [0.1, 0.15) is 21.6 Å². The molecule has 0 saturated carbocycles. The maximum Gasteiger partial charge on any atom is 0.354 e. The minimum absolute atomic E-state index is 0.0331. The highest BCUT2D eigenvalue weighted by atomic mass is 35.5. The third-order valence-corrected chi connectivity index (χ3v) is 3.96. The van der Waals surface area contributed by atoms with Crippen LogP contribution in [-0.2, 0) is 13.1 Å². The van der Waals surface area contributed by atoms with Crippen molar-refractivity contribution in [1.82, 2.24) is 9.88 Å². The van der Waals surface area contributed by atoms with Crippen LogP contribution in [-0.4, -0.2) is 34.0 Å². The summed E-state index contributed by atoms with van der Waals surface area (Å²) >= 11 is 5.98. The van der Waals surface area contributed by atoms with E-state index in [0.29, 0.717) is 23.8 Å².